The van der Waals surface area contributed by atoms with E-state index in [4.69, 9.17) is 4.74 Å². The van der Waals surface area contributed by atoms with Gasteiger partial charge in [0.15, 0.2) is 5.78 Å². The van der Waals surface area contributed by atoms with Gasteiger partial charge >= 0.3 is 12.1 Å². The highest BCUT2D eigenvalue weighted by Gasteiger charge is 2.34. The molecule has 158 valence electrons. The van der Waals surface area contributed by atoms with Crippen LogP contribution in [0.15, 0.2) is 30.5 Å². The Morgan fingerprint density at radius 2 is 1.76 bits per heavy atom. The number of carbonyl (C=O) groups excluding carboxylic acids is 2. The SMILES string of the molecule is Cn1cc(C[C@@H](CC(=O)C(C)(C)NC(=O)OC(C)(C)C)C(=O)O)c2ccccc21. The number of nitrogens with one attached hydrogen (secondary N) is 1. The maximum absolute atomic E-state index is 12.8. The fourth-order valence-corrected chi connectivity index (χ4v) is 3.21. The molecule has 0 unspecified atom stereocenters. The first-order chi connectivity index (χ1) is 13.3. The molecule has 1 atom stereocenters. The van der Waals surface area contributed by atoms with Crippen molar-refractivity contribution in [2.75, 3.05) is 0 Å². The van der Waals surface area contributed by atoms with Crippen molar-refractivity contribution >= 4 is 28.7 Å². The highest BCUT2D eigenvalue weighted by atomic mass is 16.6. The molecule has 0 saturated heterocycles. The zero-order valence-corrected chi connectivity index (χ0v) is 17.9. The van der Waals surface area contributed by atoms with Crippen molar-refractivity contribution in [3.8, 4) is 0 Å². The number of alkyl carbamates (subject to hydrolysis) is 1. The van der Waals surface area contributed by atoms with Crippen molar-refractivity contribution < 1.29 is 24.2 Å². The Morgan fingerprint density at radius 3 is 2.34 bits per heavy atom. The summed E-state index contributed by atoms with van der Waals surface area (Å²) in [6.07, 6.45) is 1.22. The molecule has 0 spiro atoms. The van der Waals surface area contributed by atoms with Crippen LogP contribution in [0.4, 0.5) is 4.79 Å². The van der Waals surface area contributed by atoms with Crippen LogP contribution < -0.4 is 5.32 Å². The van der Waals surface area contributed by atoms with E-state index in [0.717, 1.165) is 16.5 Å². The summed E-state index contributed by atoms with van der Waals surface area (Å²) in [4.78, 5) is 36.7. The maximum atomic E-state index is 12.8. The average Bonchev–Trinajstić information content (AvgIpc) is 2.88. The molecule has 7 heteroatoms. The molecule has 0 radical (unpaired) electrons. The molecule has 29 heavy (non-hydrogen) atoms. The predicted octanol–water partition coefficient (Wildman–Crippen LogP) is 3.68. The lowest BCUT2D eigenvalue weighted by Gasteiger charge is -2.28. The zero-order chi connectivity index (χ0) is 22.0. The van der Waals surface area contributed by atoms with Gasteiger partial charge < -0.3 is 19.7 Å². The van der Waals surface area contributed by atoms with Gasteiger partial charge in [-0.1, -0.05) is 18.2 Å². The number of aromatic nitrogens is 1. The van der Waals surface area contributed by atoms with Crippen molar-refractivity contribution in [2.24, 2.45) is 13.0 Å². The number of aliphatic carboxylic acids is 1. The molecule has 0 saturated carbocycles. The van der Waals surface area contributed by atoms with E-state index < -0.39 is 29.1 Å². The van der Waals surface area contributed by atoms with E-state index in [1.807, 2.05) is 42.1 Å². The Bertz CT molecular complexity index is 921. The van der Waals surface area contributed by atoms with Crippen molar-refractivity contribution in [2.45, 2.75) is 58.6 Å². The second kappa shape index (κ2) is 8.27. The Balaban J connectivity index is 2.14. The quantitative estimate of drug-likeness (QED) is 0.736. The second-order valence-electron chi connectivity index (χ2n) is 8.90. The summed E-state index contributed by atoms with van der Waals surface area (Å²) in [5.41, 5.74) is -0.0539. The van der Waals surface area contributed by atoms with E-state index in [-0.39, 0.29) is 18.6 Å². The van der Waals surface area contributed by atoms with Crippen molar-refractivity contribution in [3.63, 3.8) is 0 Å². The lowest BCUT2D eigenvalue weighted by atomic mass is 9.87. The van der Waals surface area contributed by atoms with Gasteiger partial charge in [-0.05, 0) is 52.7 Å². The number of hydrogen-bond acceptors (Lipinski definition) is 4. The van der Waals surface area contributed by atoms with Gasteiger partial charge in [0, 0.05) is 30.6 Å². The number of ketones is 1. The molecule has 2 rings (SSSR count). The second-order valence-corrected chi connectivity index (χ2v) is 8.90. The molecule has 0 aliphatic rings. The fourth-order valence-electron chi connectivity index (χ4n) is 3.21. The summed E-state index contributed by atoms with van der Waals surface area (Å²) < 4.78 is 7.15. The minimum absolute atomic E-state index is 0.193. The molecule has 1 aromatic carbocycles. The van der Waals surface area contributed by atoms with Crippen LogP contribution in [0.5, 0.6) is 0 Å². The van der Waals surface area contributed by atoms with Crippen LogP contribution in [0.1, 0.15) is 46.6 Å². The van der Waals surface area contributed by atoms with E-state index in [2.05, 4.69) is 5.32 Å². The van der Waals surface area contributed by atoms with Crippen LogP contribution in [-0.4, -0.2) is 38.7 Å². The Kier molecular flexibility index (Phi) is 6.40. The third-order valence-electron chi connectivity index (χ3n) is 4.74. The lowest BCUT2D eigenvalue weighted by molar-refractivity contribution is -0.144. The Labute approximate surface area is 171 Å². The van der Waals surface area contributed by atoms with Crippen molar-refractivity contribution in [1.82, 2.24) is 9.88 Å². The largest absolute Gasteiger partial charge is 0.481 e. The number of carboxylic acids is 1. The van der Waals surface area contributed by atoms with Crippen LogP contribution >= 0.6 is 0 Å². The zero-order valence-electron chi connectivity index (χ0n) is 17.9. The minimum Gasteiger partial charge on any atom is -0.481 e. The molecular weight excluding hydrogens is 372 g/mol. The highest BCUT2D eigenvalue weighted by molar-refractivity contribution is 5.93. The van der Waals surface area contributed by atoms with E-state index in [0.29, 0.717) is 0 Å². The molecule has 7 nitrogen and oxygen atoms in total. The molecule has 1 aromatic heterocycles. The number of aryl methyl sites for hydroxylation is 1. The number of hydrogen-bond donors (Lipinski definition) is 2. The molecule has 1 heterocycles. The van der Waals surface area contributed by atoms with Crippen molar-refractivity contribution in [3.05, 3.63) is 36.0 Å². The monoisotopic (exact) mass is 402 g/mol. The van der Waals surface area contributed by atoms with Gasteiger partial charge in [-0.25, -0.2) is 4.79 Å². The number of carboxylic acid groups (broad SMARTS) is 1. The maximum Gasteiger partial charge on any atom is 0.408 e. The number of ether oxygens (including phenoxy) is 1. The van der Waals surface area contributed by atoms with Crippen molar-refractivity contribution in [1.29, 1.82) is 0 Å². The first-order valence-electron chi connectivity index (χ1n) is 9.60. The van der Waals surface area contributed by atoms with Gasteiger partial charge in [-0.2, -0.15) is 0 Å². The number of fused-ring (bicyclic) bond motifs is 1. The fraction of sp³-hybridized carbons (Fsp3) is 0.500. The van der Waals surface area contributed by atoms with Crippen LogP contribution in [0.25, 0.3) is 10.9 Å². The standard InChI is InChI=1S/C22H30N2O5/c1-21(2,3)29-20(28)23-22(4,5)18(25)12-14(19(26)27)11-15-13-24(6)17-10-8-7-9-16(15)17/h7-10,13-14H,11-12H2,1-6H3,(H,23,28)(H,26,27)/t14-/m0/s1. The number of nitrogens with zero attached hydrogens (tertiary/aromatic N) is 1. The summed E-state index contributed by atoms with van der Waals surface area (Å²) in [7, 11) is 1.90. The Hall–Kier alpha value is -2.83. The molecule has 2 aromatic rings. The van der Waals surface area contributed by atoms with E-state index in [1.54, 1.807) is 34.6 Å². The molecule has 0 fully saturated rings. The first kappa shape index (κ1) is 22.5. The van der Waals surface area contributed by atoms with Gasteiger partial charge in [0.1, 0.15) is 5.60 Å². The van der Waals surface area contributed by atoms with E-state index in [9.17, 15) is 19.5 Å². The van der Waals surface area contributed by atoms with E-state index in [1.165, 1.54) is 0 Å². The van der Waals surface area contributed by atoms with E-state index >= 15 is 0 Å². The molecule has 0 aliphatic carbocycles. The van der Waals surface area contributed by atoms with Gasteiger partial charge in [0.25, 0.3) is 0 Å². The lowest BCUT2D eigenvalue weighted by Crippen LogP contribution is -2.51. The molecule has 0 bridgehead atoms. The molecule has 1 amide bonds. The first-order valence-corrected chi connectivity index (χ1v) is 9.60. The molecule has 0 aliphatic heterocycles. The molecule has 2 N–H and O–H groups in total. The van der Waals surface area contributed by atoms with Crippen LogP contribution in [0.3, 0.4) is 0 Å². The molecular formula is C22H30N2O5. The van der Waals surface area contributed by atoms with Gasteiger partial charge in [-0.15, -0.1) is 0 Å². The van der Waals surface area contributed by atoms with Crippen LogP contribution in [0.2, 0.25) is 0 Å². The summed E-state index contributed by atoms with van der Waals surface area (Å²) in [6, 6.07) is 7.74. The number of rotatable bonds is 7. The number of carbonyl (C=O) groups is 3. The summed E-state index contributed by atoms with van der Waals surface area (Å²) in [5.74, 6) is -2.30. The van der Waals surface area contributed by atoms with Gasteiger partial charge in [0.05, 0.1) is 11.5 Å². The number of Topliss-reactive ketones (excluding diaryl/α,β-unsaturated/α-hetero) is 1. The third-order valence-corrected chi connectivity index (χ3v) is 4.74. The summed E-state index contributed by atoms with van der Waals surface area (Å²) in [5, 5.41) is 13.2. The predicted molar refractivity (Wildman–Crippen MR) is 111 cm³/mol. The normalized spacial score (nSPS) is 13.2. The topological polar surface area (TPSA) is 97.6 Å². The number of amides is 1. The number of para-hydroxylation sites is 1. The van der Waals surface area contributed by atoms with Crippen LogP contribution in [-0.2, 0) is 27.8 Å². The third kappa shape index (κ3) is 5.82. The summed E-state index contributed by atoms with van der Waals surface area (Å²) in [6.45, 7) is 8.29. The number of benzene rings is 1. The Morgan fingerprint density at radius 1 is 1.14 bits per heavy atom. The smallest absolute Gasteiger partial charge is 0.408 e. The van der Waals surface area contributed by atoms with Gasteiger partial charge in [0.2, 0.25) is 0 Å². The minimum atomic E-state index is -1.24. The summed E-state index contributed by atoms with van der Waals surface area (Å²) >= 11 is 0. The van der Waals surface area contributed by atoms with Crippen LogP contribution in [0, 0.1) is 5.92 Å². The average molecular weight is 402 g/mol. The van der Waals surface area contributed by atoms with Gasteiger partial charge in [-0.3, -0.25) is 9.59 Å². The highest BCUT2D eigenvalue weighted by Crippen LogP contribution is 2.25.